The van der Waals surface area contributed by atoms with Crippen molar-refractivity contribution in [3.05, 3.63) is 0 Å². The Morgan fingerprint density at radius 2 is 1.37 bits per heavy atom. The molecule has 8 heteroatoms. The van der Waals surface area contributed by atoms with E-state index in [0.717, 1.165) is 13.0 Å². The number of rotatable bonds is 15. The number of hydrogen-bond donors (Lipinski definition) is 3. The third-order valence-corrected chi connectivity index (χ3v) is 4.12. The van der Waals surface area contributed by atoms with Gasteiger partial charge < -0.3 is 25.5 Å². The molecule has 2 atom stereocenters. The first-order chi connectivity index (χ1) is 12.7. The Kier molecular flexibility index (Phi) is 12.9. The van der Waals surface area contributed by atoms with E-state index in [1.807, 2.05) is 7.05 Å². The van der Waals surface area contributed by atoms with Gasteiger partial charge in [0.15, 0.2) is 5.78 Å². The number of hydrogen-bond acceptors (Lipinski definition) is 6. The summed E-state index contributed by atoms with van der Waals surface area (Å²) in [4.78, 5) is 58.5. The molecule has 0 heterocycles. The lowest BCUT2D eigenvalue weighted by molar-refractivity contribution is -0.132. The van der Waals surface area contributed by atoms with Crippen LogP contribution in [0.2, 0.25) is 0 Å². The van der Waals surface area contributed by atoms with E-state index in [1.54, 1.807) is 0 Å². The molecule has 0 fully saturated rings. The van der Waals surface area contributed by atoms with E-state index in [-0.39, 0.29) is 48.9 Å². The lowest BCUT2D eigenvalue weighted by Crippen LogP contribution is -2.51. The molecule has 27 heavy (non-hydrogen) atoms. The lowest BCUT2D eigenvalue weighted by Gasteiger charge is -2.22. The first-order valence-corrected chi connectivity index (χ1v) is 9.41. The fraction of sp³-hybridized carbons (Fsp3) is 0.737. The smallest absolute Gasteiger partial charge is 0.243 e. The molecule has 3 N–H and O–H groups in total. The van der Waals surface area contributed by atoms with Crippen LogP contribution in [0.1, 0.15) is 65.7 Å². The van der Waals surface area contributed by atoms with Crippen LogP contribution in [0.25, 0.3) is 0 Å². The summed E-state index contributed by atoms with van der Waals surface area (Å²) >= 11 is 0. The Morgan fingerprint density at radius 1 is 0.741 bits per heavy atom. The fourth-order valence-corrected chi connectivity index (χ4v) is 2.47. The van der Waals surface area contributed by atoms with Gasteiger partial charge in [-0.05, 0) is 60.0 Å². The molecule has 0 radical (unpaired) electrons. The van der Waals surface area contributed by atoms with Gasteiger partial charge in [-0.25, -0.2) is 0 Å². The second-order valence-electron chi connectivity index (χ2n) is 6.83. The molecule has 0 saturated carbocycles. The van der Waals surface area contributed by atoms with Crippen molar-refractivity contribution in [2.45, 2.75) is 77.8 Å². The van der Waals surface area contributed by atoms with E-state index < -0.39 is 18.0 Å². The summed E-state index contributed by atoms with van der Waals surface area (Å²) in [5, 5.41) is 8.32. The zero-order valence-electron chi connectivity index (χ0n) is 16.9. The van der Waals surface area contributed by atoms with Crippen LogP contribution in [-0.4, -0.2) is 54.8 Å². The number of unbranched alkanes of at least 4 members (excludes halogenated alkanes) is 1. The highest BCUT2D eigenvalue weighted by atomic mass is 16.2. The molecule has 0 aliphatic heterocycles. The standard InChI is InChI=1S/C19H33N3O5/c1-13(23)8-10-16(15(3)25)22-19(27)17(7-5-6-12-20-4)21-18(26)11-9-14(2)24/h16-17,20H,5-12H2,1-4H3,(H,21,26)(H,22,27). The van der Waals surface area contributed by atoms with Crippen molar-refractivity contribution in [3.8, 4) is 0 Å². The Balaban J connectivity index is 4.89. The third-order valence-electron chi connectivity index (χ3n) is 4.12. The second kappa shape index (κ2) is 14.0. The molecule has 154 valence electrons. The number of amides is 2. The molecule has 0 aromatic rings. The molecule has 0 aliphatic rings. The van der Waals surface area contributed by atoms with Crippen LogP contribution in [0.15, 0.2) is 0 Å². The Bertz CT molecular complexity index is 533. The number of carbonyl (C=O) groups excluding carboxylic acids is 5. The zero-order chi connectivity index (χ0) is 20.8. The van der Waals surface area contributed by atoms with Crippen LogP contribution < -0.4 is 16.0 Å². The summed E-state index contributed by atoms with van der Waals surface area (Å²) in [6.45, 7) is 4.99. The van der Waals surface area contributed by atoms with E-state index in [1.165, 1.54) is 20.8 Å². The van der Waals surface area contributed by atoms with Crippen LogP contribution in [0, 0.1) is 0 Å². The van der Waals surface area contributed by atoms with Crippen LogP contribution in [-0.2, 0) is 24.0 Å². The predicted octanol–water partition coefficient (Wildman–Crippen LogP) is 0.673. The van der Waals surface area contributed by atoms with Gasteiger partial charge in [-0.1, -0.05) is 0 Å². The molecule has 2 amide bonds. The van der Waals surface area contributed by atoms with Gasteiger partial charge in [0.25, 0.3) is 0 Å². The quantitative estimate of drug-likeness (QED) is 0.357. The molecule has 8 nitrogen and oxygen atoms in total. The van der Waals surface area contributed by atoms with Crippen molar-refractivity contribution >= 4 is 29.2 Å². The summed E-state index contributed by atoms with van der Waals surface area (Å²) in [5.41, 5.74) is 0. The van der Waals surface area contributed by atoms with Crippen molar-refractivity contribution in [1.82, 2.24) is 16.0 Å². The minimum Gasteiger partial charge on any atom is -0.345 e. The van der Waals surface area contributed by atoms with Crippen molar-refractivity contribution in [3.63, 3.8) is 0 Å². The first kappa shape index (κ1) is 24.9. The molecule has 0 aromatic heterocycles. The summed E-state index contributed by atoms with van der Waals surface area (Å²) in [6.07, 6.45) is 2.55. The van der Waals surface area contributed by atoms with Gasteiger partial charge in [-0.2, -0.15) is 0 Å². The average Bonchev–Trinajstić information content (AvgIpc) is 2.58. The topological polar surface area (TPSA) is 121 Å². The highest BCUT2D eigenvalue weighted by molar-refractivity contribution is 5.92. The Hall–Kier alpha value is -2.09. The van der Waals surface area contributed by atoms with Crippen LogP contribution in [0.4, 0.5) is 0 Å². The zero-order valence-corrected chi connectivity index (χ0v) is 16.9. The lowest BCUT2D eigenvalue weighted by atomic mass is 10.0. The number of Topliss-reactive ketones (excluding diaryl/α,β-unsaturated/α-hetero) is 3. The Morgan fingerprint density at radius 3 is 1.89 bits per heavy atom. The number of nitrogens with one attached hydrogen (secondary N) is 3. The van der Waals surface area contributed by atoms with E-state index in [0.29, 0.717) is 12.8 Å². The van der Waals surface area contributed by atoms with E-state index >= 15 is 0 Å². The monoisotopic (exact) mass is 383 g/mol. The van der Waals surface area contributed by atoms with Crippen molar-refractivity contribution < 1.29 is 24.0 Å². The Labute approximate surface area is 161 Å². The molecule has 0 rings (SSSR count). The molecule has 0 aliphatic carbocycles. The van der Waals surface area contributed by atoms with Crippen LogP contribution in [0.3, 0.4) is 0 Å². The third kappa shape index (κ3) is 12.8. The molecule has 0 aromatic carbocycles. The summed E-state index contributed by atoms with van der Waals surface area (Å²) in [6, 6.07) is -1.53. The highest BCUT2D eigenvalue weighted by Gasteiger charge is 2.25. The maximum atomic E-state index is 12.6. The fourth-order valence-electron chi connectivity index (χ4n) is 2.47. The van der Waals surface area contributed by atoms with E-state index in [2.05, 4.69) is 16.0 Å². The van der Waals surface area contributed by atoms with Crippen LogP contribution >= 0.6 is 0 Å². The SMILES string of the molecule is CNCCCCC(NC(=O)CCC(C)=O)C(=O)NC(CCC(C)=O)C(C)=O. The van der Waals surface area contributed by atoms with Gasteiger partial charge in [0, 0.05) is 19.3 Å². The average molecular weight is 383 g/mol. The van der Waals surface area contributed by atoms with Crippen molar-refractivity contribution in [2.75, 3.05) is 13.6 Å². The van der Waals surface area contributed by atoms with Gasteiger partial charge >= 0.3 is 0 Å². The number of carbonyl (C=O) groups is 5. The summed E-state index contributed by atoms with van der Waals surface area (Å²) in [7, 11) is 1.83. The van der Waals surface area contributed by atoms with Crippen molar-refractivity contribution in [2.24, 2.45) is 0 Å². The van der Waals surface area contributed by atoms with Gasteiger partial charge in [-0.15, -0.1) is 0 Å². The molecule has 0 spiro atoms. The molecular formula is C19H33N3O5. The maximum absolute atomic E-state index is 12.6. The van der Waals surface area contributed by atoms with Gasteiger partial charge in [0.2, 0.25) is 11.8 Å². The molecular weight excluding hydrogens is 350 g/mol. The van der Waals surface area contributed by atoms with Gasteiger partial charge in [0.05, 0.1) is 6.04 Å². The van der Waals surface area contributed by atoms with Crippen LogP contribution in [0.5, 0.6) is 0 Å². The van der Waals surface area contributed by atoms with E-state index in [9.17, 15) is 24.0 Å². The van der Waals surface area contributed by atoms with E-state index in [4.69, 9.17) is 0 Å². The molecule has 0 saturated heterocycles. The maximum Gasteiger partial charge on any atom is 0.243 e. The largest absolute Gasteiger partial charge is 0.345 e. The first-order valence-electron chi connectivity index (χ1n) is 9.41. The van der Waals surface area contributed by atoms with Crippen molar-refractivity contribution in [1.29, 1.82) is 0 Å². The summed E-state index contributed by atoms with van der Waals surface area (Å²) in [5.74, 6) is -1.21. The second-order valence-corrected chi connectivity index (χ2v) is 6.83. The number of ketones is 3. The minimum atomic E-state index is -0.777. The normalized spacial score (nSPS) is 12.7. The van der Waals surface area contributed by atoms with Gasteiger partial charge in [0.1, 0.15) is 17.6 Å². The minimum absolute atomic E-state index is 0.0239. The van der Waals surface area contributed by atoms with Gasteiger partial charge in [-0.3, -0.25) is 14.4 Å². The summed E-state index contributed by atoms with van der Waals surface area (Å²) < 4.78 is 0. The highest BCUT2D eigenvalue weighted by Crippen LogP contribution is 2.06. The molecule has 2 unspecified atom stereocenters. The predicted molar refractivity (Wildman–Crippen MR) is 102 cm³/mol. The molecule has 0 bridgehead atoms.